The Bertz CT molecular complexity index is 1230. The van der Waals surface area contributed by atoms with Crippen LogP contribution in [0.2, 0.25) is 10.0 Å². The van der Waals surface area contributed by atoms with Crippen molar-refractivity contribution in [2.24, 2.45) is 0 Å². The quantitative estimate of drug-likeness (QED) is 0.422. The maximum absolute atomic E-state index is 13.6. The topological polar surface area (TPSA) is 58.6 Å². The lowest BCUT2D eigenvalue weighted by Gasteiger charge is -2.16. The van der Waals surface area contributed by atoms with E-state index in [-0.39, 0.29) is 21.3 Å². The number of nitrogens with one attached hydrogen (secondary N) is 1. The molecule has 0 saturated carbocycles. The van der Waals surface area contributed by atoms with E-state index >= 15 is 0 Å². The first kappa shape index (κ1) is 22.2. The molecular weight excluding hydrogens is 474 g/mol. The van der Waals surface area contributed by atoms with Gasteiger partial charge in [0.2, 0.25) is 0 Å². The second-order valence-electron chi connectivity index (χ2n) is 6.66. The molecular formula is C23H15Cl2FN2O3S. The van der Waals surface area contributed by atoms with Gasteiger partial charge in [0.25, 0.3) is 11.8 Å². The Balaban J connectivity index is 1.73. The highest BCUT2D eigenvalue weighted by molar-refractivity contribution is 8.04. The predicted octanol–water partition coefficient (Wildman–Crippen LogP) is 6.13. The van der Waals surface area contributed by atoms with E-state index < -0.39 is 17.6 Å². The number of ether oxygens (including phenoxy) is 1. The number of halogens is 3. The molecule has 0 fully saturated rings. The van der Waals surface area contributed by atoms with Gasteiger partial charge in [-0.2, -0.15) is 0 Å². The van der Waals surface area contributed by atoms with Gasteiger partial charge in [-0.25, -0.2) is 9.29 Å². The molecule has 1 aliphatic heterocycles. The molecule has 0 spiro atoms. The number of carbonyl (C=O) groups is 2. The molecule has 162 valence electrons. The van der Waals surface area contributed by atoms with Crippen molar-refractivity contribution in [3.63, 3.8) is 0 Å². The van der Waals surface area contributed by atoms with E-state index in [9.17, 15) is 14.0 Å². The highest BCUT2D eigenvalue weighted by atomic mass is 35.5. The van der Waals surface area contributed by atoms with Crippen molar-refractivity contribution in [3.05, 3.63) is 93.2 Å². The zero-order valence-electron chi connectivity index (χ0n) is 16.6. The molecule has 2 amide bonds. The minimum absolute atomic E-state index is 0.0977. The molecule has 1 N–H and O–H groups in total. The number of imide groups is 1. The molecule has 9 heteroatoms. The summed E-state index contributed by atoms with van der Waals surface area (Å²) in [6.45, 7) is 0. The summed E-state index contributed by atoms with van der Waals surface area (Å²) in [7, 11) is 1.55. The average Bonchev–Trinajstić information content (AvgIpc) is 3.01. The van der Waals surface area contributed by atoms with E-state index in [0.29, 0.717) is 16.5 Å². The fourth-order valence-corrected chi connectivity index (χ4v) is 4.24. The molecule has 5 nitrogen and oxygen atoms in total. The van der Waals surface area contributed by atoms with Crippen molar-refractivity contribution in [1.82, 2.24) is 0 Å². The maximum atomic E-state index is 13.6. The van der Waals surface area contributed by atoms with Crippen LogP contribution in [0.25, 0.3) is 0 Å². The molecule has 0 aromatic heterocycles. The Kier molecular flexibility index (Phi) is 6.41. The van der Waals surface area contributed by atoms with Gasteiger partial charge < -0.3 is 10.1 Å². The molecule has 3 aromatic rings. The second-order valence-corrected chi connectivity index (χ2v) is 8.59. The van der Waals surface area contributed by atoms with Gasteiger partial charge in [-0.05, 0) is 66.7 Å². The second kappa shape index (κ2) is 9.24. The number of anilines is 2. The van der Waals surface area contributed by atoms with Crippen LogP contribution in [0.1, 0.15) is 0 Å². The monoisotopic (exact) mass is 488 g/mol. The van der Waals surface area contributed by atoms with Crippen LogP contribution in [0.4, 0.5) is 15.8 Å². The van der Waals surface area contributed by atoms with Crippen LogP contribution in [0, 0.1) is 5.82 Å². The average molecular weight is 489 g/mol. The molecule has 0 bridgehead atoms. The number of carbonyl (C=O) groups excluding carboxylic acids is 2. The van der Waals surface area contributed by atoms with Crippen molar-refractivity contribution >= 4 is 58.2 Å². The summed E-state index contributed by atoms with van der Waals surface area (Å²) >= 11 is 13.0. The number of hydrogen-bond acceptors (Lipinski definition) is 5. The van der Waals surface area contributed by atoms with Gasteiger partial charge in [-0.15, -0.1) is 0 Å². The summed E-state index contributed by atoms with van der Waals surface area (Å²) in [4.78, 5) is 28.4. The van der Waals surface area contributed by atoms with Crippen LogP contribution in [0.5, 0.6) is 5.75 Å². The van der Waals surface area contributed by atoms with Gasteiger partial charge in [0.15, 0.2) is 0 Å². The van der Waals surface area contributed by atoms with Gasteiger partial charge in [0, 0.05) is 15.6 Å². The molecule has 0 radical (unpaired) electrons. The van der Waals surface area contributed by atoms with Crippen LogP contribution in [0.15, 0.2) is 82.2 Å². The third kappa shape index (κ3) is 4.46. The Morgan fingerprint density at radius 3 is 2.25 bits per heavy atom. The third-order valence-electron chi connectivity index (χ3n) is 4.60. The minimum Gasteiger partial charge on any atom is -0.497 e. The lowest BCUT2D eigenvalue weighted by Crippen LogP contribution is -2.32. The number of amides is 2. The Labute approximate surface area is 197 Å². The normalized spacial score (nSPS) is 13.7. The number of thioether (sulfide) groups is 1. The lowest BCUT2D eigenvalue weighted by atomic mass is 10.2. The molecule has 0 unspecified atom stereocenters. The van der Waals surface area contributed by atoms with Gasteiger partial charge >= 0.3 is 0 Å². The van der Waals surface area contributed by atoms with Crippen LogP contribution in [0.3, 0.4) is 0 Å². The summed E-state index contributed by atoms with van der Waals surface area (Å²) in [5.74, 6) is -1.12. The molecule has 0 saturated heterocycles. The third-order valence-corrected chi connectivity index (χ3v) is 6.23. The van der Waals surface area contributed by atoms with E-state index in [4.69, 9.17) is 27.9 Å². The first-order valence-corrected chi connectivity index (χ1v) is 10.9. The van der Waals surface area contributed by atoms with Crippen molar-refractivity contribution in [2.75, 3.05) is 17.3 Å². The zero-order chi connectivity index (χ0) is 22.8. The number of nitrogens with zero attached hydrogens (tertiary/aromatic N) is 1. The maximum Gasteiger partial charge on any atom is 0.283 e. The first-order valence-electron chi connectivity index (χ1n) is 9.30. The largest absolute Gasteiger partial charge is 0.497 e. The Morgan fingerprint density at radius 2 is 1.62 bits per heavy atom. The van der Waals surface area contributed by atoms with Gasteiger partial charge in [0.1, 0.15) is 22.2 Å². The van der Waals surface area contributed by atoms with Crippen LogP contribution in [-0.2, 0) is 9.59 Å². The molecule has 4 rings (SSSR count). The molecule has 3 aromatic carbocycles. The van der Waals surface area contributed by atoms with Crippen molar-refractivity contribution in [3.8, 4) is 5.75 Å². The van der Waals surface area contributed by atoms with Crippen molar-refractivity contribution in [1.29, 1.82) is 0 Å². The highest BCUT2D eigenvalue weighted by Crippen LogP contribution is 2.39. The Hall–Kier alpha value is -3.00. The highest BCUT2D eigenvalue weighted by Gasteiger charge is 2.40. The summed E-state index contributed by atoms with van der Waals surface area (Å²) in [6.07, 6.45) is 0. The molecule has 32 heavy (non-hydrogen) atoms. The smallest absolute Gasteiger partial charge is 0.283 e. The fourth-order valence-electron chi connectivity index (χ4n) is 3.01. The van der Waals surface area contributed by atoms with Crippen molar-refractivity contribution < 1.29 is 18.7 Å². The van der Waals surface area contributed by atoms with Crippen LogP contribution in [-0.4, -0.2) is 18.9 Å². The van der Waals surface area contributed by atoms with E-state index in [1.54, 1.807) is 55.6 Å². The van der Waals surface area contributed by atoms with Crippen LogP contribution < -0.4 is 15.0 Å². The summed E-state index contributed by atoms with van der Waals surface area (Å²) in [5.41, 5.74) is 0.864. The van der Waals surface area contributed by atoms with Gasteiger partial charge in [-0.3, -0.25) is 9.59 Å². The standard InChI is InChI=1S/C23H15Cl2FN2O3S/c1-31-16-7-4-14(5-8-16)27-20-21(32-17-9-2-13(24)3-10-17)23(30)28(22(20)29)15-6-11-19(26)18(25)12-15/h2-12,27H,1H3. The molecule has 0 atom stereocenters. The molecule has 1 aliphatic rings. The van der Waals surface area contributed by atoms with Crippen LogP contribution >= 0.6 is 35.0 Å². The van der Waals surface area contributed by atoms with E-state index in [1.807, 2.05) is 0 Å². The SMILES string of the molecule is COc1ccc(NC2=C(Sc3ccc(Cl)cc3)C(=O)N(c3ccc(F)c(Cl)c3)C2=O)cc1. The van der Waals surface area contributed by atoms with E-state index in [2.05, 4.69) is 5.32 Å². The van der Waals surface area contributed by atoms with E-state index in [1.165, 1.54) is 12.1 Å². The fraction of sp³-hybridized carbons (Fsp3) is 0.0435. The van der Waals surface area contributed by atoms with Gasteiger partial charge in [-0.1, -0.05) is 35.0 Å². The molecule has 0 aliphatic carbocycles. The predicted molar refractivity (Wildman–Crippen MR) is 125 cm³/mol. The van der Waals surface area contributed by atoms with Crippen molar-refractivity contribution in [2.45, 2.75) is 4.90 Å². The number of hydrogen-bond donors (Lipinski definition) is 1. The summed E-state index contributed by atoms with van der Waals surface area (Å²) in [6, 6.07) is 17.5. The Morgan fingerprint density at radius 1 is 0.938 bits per heavy atom. The zero-order valence-corrected chi connectivity index (χ0v) is 18.9. The molecule has 1 heterocycles. The first-order chi connectivity index (χ1) is 15.4. The minimum atomic E-state index is -0.644. The number of rotatable bonds is 6. The van der Waals surface area contributed by atoms with Gasteiger partial charge in [0.05, 0.1) is 17.8 Å². The number of methoxy groups -OCH3 is 1. The number of benzene rings is 3. The lowest BCUT2D eigenvalue weighted by molar-refractivity contribution is -0.120. The summed E-state index contributed by atoms with van der Waals surface area (Å²) < 4.78 is 18.8. The summed E-state index contributed by atoms with van der Waals surface area (Å²) in [5, 5.41) is 3.40. The van der Waals surface area contributed by atoms with E-state index in [0.717, 1.165) is 27.6 Å².